The van der Waals surface area contributed by atoms with E-state index >= 15 is 0 Å². The number of aryl methyl sites for hydroxylation is 1. The highest BCUT2D eigenvalue weighted by Gasteiger charge is 2.31. The van der Waals surface area contributed by atoms with Gasteiger partial charge in [-0.3, -0.25) is 4.90 Å². The normalized spacial score (nSPS) is 18.9. The van der Waals surface area contributed by atoms with Crippen LogP contribution in [0.15, 0.2) is 12.5 Å². The predicted molar refractivity (Wildman–Crippen MR) is 62.4 cm³/mol. The molecular formula is C11H18N4O2. The Bertz CT molecular complexity index is 385. The molecule has 0 aliphatic carbocycles. The molecule has 0 saturated carbocycles. The Morgan fingerprint density at radius 1 is 1.53 bits per heavy atom. The number of nitrogens with zero attached hydrogens (tertiary/aromatic N) is 3. The van der Waals surface area contributed by atoms with E-state index < -0.39 is 0 Å². The van der Waals surface area contributed by atoms with Crippen LogP contribution in [-0.4, -0.2) is 53.7 Å². The van der Waals surface area contributed by atoms with Gasteiger partial charge >= 0.3 is 5.97 Å². The van der Waals surface area contributed by atoms with Crippen molar-refractivity contribution in [1.82, 2.24) is 19.8 Å². The first kappa shape index (κ1) is 12.1. The monoisotopic (exact) mass is 238 g/mol. The summed E-state index contributed by atoms with van der Waals surface area (Å²) in [6, 6.07) is -0.352. The van der Waals surface area contributed by atoms with Gasteiger partial charge in [0, 0.05) is 33.2 Å². The third kappa shape index (κ3) is 2.48. The van der Waals surface area contributed by atoms with Crippen LogP contribution in [0.5, 0.6) is 0 Å². The molecule has 0 aromatic carbocycles. The van der Waals surface area contributed by atoms with E-state index in [9.17, 15) is 4.79 Å². The summed E-state index contributed by atoms with van der Waals surface area (Å²) in [5, 5.41) is 3.27. The fourth-order valence-corrected chi connectivity index (χ4v) is 2.14. The van der Waals surface area contributed by atoms with Gasteiger partial charge in [-0.15, -0.1) is 0 Å². The lowest BCUT2D eigenvalue weighted by Crippen LogP contribution is -2.47. The van der Waals surface area contributed by atoms with Gasteiger partial charge in [0.25, 0.3) is 0 Å². The standard InChI is InChI=1S/C11H18N4O2/c1-14-8-13-7-9(14)10(11(16)17-2)15-5-3-12-4-6-15/h7-8,10,12H,3-6H2,1-2H3. The second kappa shape index (κ2) is 5.29. The fraction of sp³-hybridized carbons (Fsp3) is 0.636. The largest absolute Gasteiger partial charge is 0.468 e. The van der Waals surface area contributed by atoms with E-state index in [1.807, 2.05) is 11.6 Å². The molecule has 2 rings (SSSR count). The summed E-state index contributed by atoms with van der Waals surface area (Å²) in [5.41, 5.74) is 0.874. The fourth-order valence-electron chi connectivity index (χ4n) is 2.14. The van der Waals surface area contributed by atoms with E-state index in [0.29, 0.717) is 0 Å². The van der Waals surface area contributed by atoms with E-state index in [0.717, 1.165) is 31.9 Å². The molecule has 2 heterocycles. The van der Waals surface area contributed by atoms with Crippen LogP contribution in [0, 0.1) is 0 Å². The van der Waals surface area contributed by atoms with Crippen molar-refractivity contribution in [3.63, 3.8) is 0 Å². The maximum atomic E-state index is 11.9. The number of rotatable bonds is 3. The zero-order valence-electron chi connectivity index (χ0n) is 10.2. The number of aromatic nitrogens is 2. The molecular weight excluding hydrogens is 220 g/mol. The van der Waals surface area contributed by atoms with Gasteiger partial charge in [-0.2, -0.15) is 0 Å². The smallest absolute Gasteiger partial charge is 0.329 e. The lowest BCUT2D eigenvalue weighted by atomic mass is 10.1. The molecule has 1 aliphatic rings. The number of piperazine rings is 1. The van der Waals surface area contributed by atoms with Gasteiger partial charge in [-0.25, -0.2) is 9.78 Å². The Morgan fingerprint density at radius 2 is 2.24 bits per heavy atom. The summed E-state index contributed by atoms with van der Waals surface area (Å²) in [7, 11) is 3.31. The Morgan fingerprint density at radius 3 is 2.76 bits per heavy atom. The molecule has 1 N–H and O–H groups in total. The van der Waals surface area contributed by atoms with Crippen molar-refractivity contribution in [1.29, 1.82) is 0 Å². The van der Waals surface area contributed by atoms with Crippen LogP contribution in [0.25, 0.3) is 0 Å². The minimum absolute atomic E-state index is 0.226. The summed E-state index contributed by atoms with van der Waals surface area (Å²) < 4.78 is 6.77. The van der Waals surface area contributed by atoms with Crippen LogP contribution in [0.3, 0.4) is 0 Å². The SMILES string of the molecule is COC(=O)C(c1cncn1C)N1CCNCC1. The van der Waals surface area contributed by atoms with E-state index in [4.69, 9.17) is 4.74 Å². The quantitative estimate of drug-likeness (QED) is 0.722. The Kier molecular flexibility index (Phi) is 3.75. The molecule has 1 aromatic heterocycles. The molecule has 1 fully saturated rings. The van der Waals surface area contributed by atoms with Crippen molar-refractivity contribution in [2.75, 3.05) is 33.3 Å². The number of methoxy groups -OCH3 is 1. The molecule has 94 valence electrons. The van der Waals surface area contributed by atoms with Crippen LogP contribution in [0.2, 0.25) is 0 Å². The number of esters is 1. The molecule has 0 spiro atoms. The zero-order valence-corrected chi connectivity index (χ0v) is 10.2. The molecule has 0 radical (unpaired) electrons. The molecule has 1 saturated heterocycles. The molecule has 1 aliphatic heterocycles. The van der Waals surface area contributed by atoms with Crippen molar-refractivity contribution in [3.05, 3.63) is 18.2 Å². The molecule has 6 heteroatoms. The average molecular weight is 238 g/mol. The van der Waals surface area contributed by atoms with Gasteiger partial charge in [0.15, 0.2) is 6.04 Å². The summed E-state index contributed by atoms with van der Waals surface area (Å²) in [5.74, 6) is -0.226. The van der Waals surface area contributed by atoms with Gasteiger partial charge in [0.2, 0.25) is 0 Å². The second-order valence-corrected chi connectivity index (χ2v) is 4.14. The minimum Gasteiger partial charge on any atom is -0.468 e. The van der Waals surface area contributed by atoms with Gasteiger partial charge in [-0.05, 0) is 0 Å². The maximum Gasteiger partial charge on any atom is 0.329 e. The summed E-state index contributed by atoms with van der Waals surface area (Å²) in [4.78, 5) is 18.1. The van der Waals surface area contributed by atoms with Crippen molar-refractivity contribution in [3.8, 4) is 0 Å². The first-order chi connectivity index (χ1) is 8.24. The van der Waals surface area contributed by atoms with E-state index in [1.165, 1.54) is 7.11 Å². The number of carbonyl (C=O) groups is 1. The van der Waals surface area contributed by atoms with Crippen LogP contribution >= 0.6 is 0 Å². The van der Waals surface area contributed by atoms with E-state index in [2.05, 4.69) is 15.2 Å². The third-order valence-corrected chi connectivity index (χ3v) is 3.08. The van der Waals surface area contributed by atoms with Crippen LogP contribution in [0.4, 0.5) is 0 Å². The lowest BCUT2D eigenvalue weighted by molar-refractivity contribution is -0.147. The topological polar surface area (TPSA) is 59.4 Å². The Hall–Kier alpha value is -1.40. The van der Waals surface area contributed by atoms with Gasteiger partial charge in [0.05, 0.1) is 25.3 Å². The number of nitrogens with one attached hydrogen (secondary N) is 1. The van der Waals surface area contributed by atoms with Crippen molar-refractivity contribution in [2.24, 2.45) is 7.05 Å². The first-order valence-corrected chi connectivity index (χ1v) is 5.73. The lowest BCUT2D eigenvalue weighted by Gasteiger charge is -2.33. The average Bonchev–Trinajstić information content (AvgIpc) is 2.77. The van der Waals surface area contributed by atoms with Gasteiger partial charge < -0.3 is 14.6 Å². The summed E-state index contributed by atoms with van der Waals surface area (Å²) in [6.45, 7) is 3.46. The Labute approximate surface area is 101 Å². The van der Waals surface area contributed by atoms with Gasteiger partial charge in [0.1, 0.15) is 0 Å². The highest BCUT2D eigenvalue weighted by molar-refractivity contribution is 5.77. The van der Waals surface area contributed by atoms with Crippen molar-refractivity contribution >= 4 is 5.97 Å². The van der Waals surface area contributed by atoms with Crippen molar-refractivity contribution < 1.29 is 9.53 Å². The first-order valence-electron chi connectivity index (χ1n) is 5.73. The van der Waals surface area contributed by atoms with Crippen LogP contribution < -0.4 is 5.32 Å². The van der Waals surface area contributed by atoms with Crippen molar-refractivity contribution in [2.45, 2.75) is 6.04 Å². The molecule has 1 aromatic rings. The molecule has 17 heavy (non-hydrogen) atoms. The van der Waals surface area contributed by atoms with Crippen LogP contribution in [-0.2, 0) is 16.6 Å². The number of imidazole rings is 1. The molecule has 1 atom stereocenters. The number of ether oxygens (including phenoxy) is 1. The number of hydrogen-bond acceptors (Lipinski definition) is 5. The van der Waals surface area contributed by atoms with E-state index in [-0.39, 0.29) is 12.0 Å². The molecule has 0 amide bonds. The highest BCUT2D eigenvalue weighted by atomic mass is 16.5. The second-order valence-electron chi connectivity index (χ2n) is 4.14. The molecule has 0 bridgehead atoms. The summed E-state index contributed by atoms with van der Waals surface area (Å²) >= 11 is 0. The number of hydrogen-bond donors (Lipinski definition) is 1. The van der Waals surface area contributed by atoms with Crippen LogP contribution in [0.1, 0.15) is 11.7 Å². The maximum absolute atomic E-state index is 11.9. The Balaban J connectivity index is 2.24. The molecule has 6 nitrogen and oxygen atoms in total. The third-order valence-electron chi connectivity index (χ3n) is 3.08. The van der Waals surface area contributed by atoms with E-state index in [1.54, 1.807) is 12.5 Å². The number of carbonyl (C=O) groups excluding carboxylic acids is 1. The zero-order chi connectivity index (χ0) is 12.3. The minimum atomic E-state index is -0.352. The summed E-state index contributed by atoms with van der Waals surface area (Å²) in [6.07, 6.45) is 3.43. The highest BCUT2D eigenvalue weighted by Crippen LogP contribution is 2.21. The van der Waals surface area contributed by atoms with Gasteiger partial charge in [-0.1, -0.05) is 0 Å². The molecule has 1 unspecified atom stereocenters. The predicted octanol–water partition coefficient (Wildman–Crippen LogP) is -0.461.